The number of hydrogen-bond acceptors (Lipinski definition) is 0. The van der Waals surface area contributed by atoms with Crippen molar-refractivity contribution < 1.29 is 51.0 Å². The maximum Gasteiger partial charge on any atom is 3.00 e. The molecule has 0 saturated carbocycles. The number of benzene rings is 4. The van der Waals surface area contributed by atoms with Crippen molar-refractivity contribution in [1.82, 2.24) is 0 Å². The molecule has 5 heteroatoms. The third-order valence-corrected chi connectivity index (χ3v) is 26.6. The molecule has 35 heavy (non-hydrogen) atoms. The van der Waals surface area contributed by atoms with E-state index < -0.39 is 15.2 Å². The zero-order chi connectivity index (χ0) is 21.8. The van der Waals surface area contributed by atoms with Gasteiger partial charge in [-0.2, -0.15) is 0 Å². The Kier molecular flexibility index (Phi) is 6.78. The molecular weight excluding hydrogens is 579 g/mol. The van der Waals surface area contributed by atoms with Gasteiger partial charge in [-0.1, -0.05) is 120 Å². The van der Waals surface area contributed by atoms with E-state index >= 15 is 0 Å². The first-order valence-corrected chi connectivity index (χ1v) is 18.8. The number of allylic oxidation sites excluding steroid dienone is 4. The van der Waals surface area contributed by atoms with Gasteiger partial charge >= 0.3 is 26.2 Å². The van der Waals surface area contributed by atoms with Gasteiger partial charge in [-0.05, 0) is 22.8 Å². The summed E-state index contributed by atoms with van der Waals surface area (Å²) < 4.78 is 0. The van der Waals surface area contributed by atoms with Gasteiger partial charge in [0.25, 0.3) is 0 Å². The van der Waals surface area contributed by atoms with Crippen molar-refractivity contribution in [2.24, 2.45) is 0 Å². The van der Waals surface area contributed by atoms with Crippen LogP contribution >= 0.6 is 0 Å². The van der Waals surface area contributed by atoms with Gasteiger partial charge in [0.05, 0.1) is 15.2 Å². The van der Waals surface area contributed by atoms with Crippen molar-refractivity contribution >= 4 is 74.2 Å². The van der Waals surface area contributed by atoms with E-state index in [1.54, 1.807) is 21.3 Å². The Morgan fingerprint density at radius 3 is 1.91 bits per heavy atom. The Hall–Kier alpha value is -1.35. The Labute approximate surface area is 240 Å². The number of halogens is 2. The molecule has 173 valence electrons. The van der Waals surface area contributed by atoms with Crippen LogP contribution in [0.4, 0.5) is 0 Å². The van der Waals surface area contributed by atoms with E-state index in [-0.39, 0.29) is 51.0 Å². The summed E-state index contributed by atoms with van der Waals surface area (Å²) in [5, 5.41) is 15.1. The van der Waals surface area contributed by atoms with Gasteiger partial charge in [0.1, 0.15) is 0 Å². The van der Waals surface area contributed by atoms with Crippen LogP contribution in [0.3, 0.4) is 0 Å². The van der Waals surface area contributed by atoms with Crippen molar-refractivity contribution in [2.75, 3.05) is 0 Å². The molecule has 5 aromatic rings. The summed E-state index contributed by atoms with van der Waals surface area (Å²) in [4.78, 5) is 0. The molecular formula is C30H27Cl2Si2Zr. The second-order valence-corrected chi connectivity index (χ2v) is 25.7. The van der Waals surface area contributed by atoms with Crippen molar-refractivity contribution in [1.29, 1.82) is 0 Å². The second kappa shape index (κ2) is 8.89. The third-order valence-electron chi connectivity index (χ3n) is 8.81. The van der Waals surface area contributed by atoms with Gasteiger partial charge in [0.15, 0.2) is 0 Å². The molecule has 0 N–H and O–H groups in total. The monoisotopic (exact) mass is 603 g/mol. The predicted octanol–water partition coefficient (Wildman–Crippen LogP) is 1.29. The van der Waals surface area contributed by atoms with Gasteiger partial charge in [-0.3, -0.25) is 0 Å². The first-order valence-electron chi connectivity index (χ1n) is 11.8. The molecule has 0 spiro atoms. The quantitative estimate of drug-likeness (QED) is 0.154. The molecule has 0 atom stereocenters. The van der Waals surface area contributed by atoms with Crippen LogP contribution in [0.15, 0.2) is 78.9 Å². The minimum absolute atomic E-state index is 0. The van der Waals surface area contributed by atoms with Crippen LogP contribution in [0.5, 0.6) is 0 Å². The fourth-order valence-corrected chi connectivity index (χ4v) is 17.4. The fourth-order valence-electron chi connectivity index (χ4n) is 6.57. The van der Waals surface area contributed by atoms with E-state index in [1.807, 2.05) is 0 Å². The smallest absolute Gasteiger partial charge is 1.00 e. The van der Waals surface area contributed by atoms with E-state index in [1.165, 1.54) is 43.3 Å². The molecule has 0 nitrogen and oxygen atoms in total. The molecule has 0 bridgehead atoms. The van der Waals surface area contributed by atoms with E-state index in [0.717, 1.165) is 6.42 Å². The van der Waals surface area contributed by atoms with Crippen LogP contribution < -0.4 is 35.2 Å². The van der Waals surface area contributed by atoms with Crippen LogP contribution in [0.25, 0.3) is 48.7 Å². The van der Waals surface area contributed by atoms with Gasteiger partial charge < -0.3 is 24.8 Å². The van der Waals surface area contributed by atoms with Crippen LogP contribution in [-0.2, 0) is 26.2 Å². The van der Waals surface area contributed by atoms with E-state index in [4.69, 9.17) is 0 Å². The Morgan fingerprint density at radius 1 is 0.714 bits per heavy atom. The molecule has 0 fully saturated rings. The summed E-state index contributed by atoms with van der Waals surface area (Å²) >= 11 is 0. The number of hydrogen-bond donors (Lipinski definition) is 0. The van der Waals surface area contributed by atoms with Crippen molar-refractivity contribution in [3.63, 3.8) is 0 Å². The fraction of sp³-hybridized carbons (Fsp3) is 0.167. The first-order chi connectivity index (χ1) is 15.4. The molecule has 1 aliphatic carbocycles. The summed E-state index contributed by atoms with van der Waals surface area (Å²) in [6.45, 7) is 10.6. The Balaban J connectivity index is 0.000000963. The number of rotatable bonds is 1. The minimum atomic E-state index is -1.49. The predicted molar refractivity (Wildman–Crippen MR) is 148 cm³/mol. The molecule has 1 radical (unpaired) electrons. The maximum absolute atomic E-state index is 2.65. The molecule has 0 saturated heterocycles. The molecule has 0 amide bonds. The van der Waals surface area contributed by atoms with Gasteiger partial charge in [0, 0.05) is 0 Å². The van der Waals surface area contributed by atoms with Crippen molar-refractivity contribution in [3.8, 4) is 0 Å². The Bertz CT molecular complexity index is 1710. The van der Waals surface area contributed by atoms with Crippen LogP contribution in [0, 0.1) is 0 Å². The molecule has 0 aromatic heterocycles. The SMILES string of the molecule is C[Si]1(C)c2c(C3=CC=CC3)cc3[cH-]c4c5ccccc5c5ccccc5c4c3c2[Si]1(C)C.[Cl-].[Cl-].[Zr+3]. The standard InChI is InChI=1S/C30H27Si2.2ClH.Zr/c1-31(2)29-25(19-11-5-6-12-19)17-20-18-26-23-15-8-7-13-21(23)22-14-9-10-16-24(22)28(26)27(20)30(29)32(31,3)4;;;/h5-11,13-18H,12H2,1-4H3;2*1H;/q-1;;;+3/p-2. The van der Waals surface area contributed by atoms with Gasteiger partial charge in [-0.15, -0.1) is 33.7 Å². The molecule has 2 aliphatic rings. The minimum Gasteiger partial charge on any atom is -1.00 e. The average Bonchev–Trinajstić information content (AvgIpc) is 3.46. The average molecular weight is 606 g/mol. The van der Waals surface area contributed by atoms with Crippen LogP contribution in [0.2, 0.25) is 26.2 Å². The summed E-state index contributed by atoms with van der Waals surface area (Å²) in [5.41, 5.74) is 3.08. The van der Waals surface area contributed by atoms with Gasteiger partial charge in [0.2, 0.25) is 0 Å². The van der Waals surface area contributed by atoms with Gasteiger partial charge in [-0.25, -0.2) is 0 Å². The summed E-state index contributed by atoms with van der Waals surface area (Å²) in [7, 11) is -2.93. The van der Waals surface area contributed by atoms with Crippen molar-refractivity contribution in [2.45, 2.75) is 32.6 Å². The van der Waals surface area contributed by atoms with E-state index in [9.17, 15) is 0 Å². The first kappa shape index (κ1) is 26.7. The maximum atomic E-state index is 2.65. The zero-order valence-electron chi connectivity index (χ0n) is 20.5. The molecule has 5 aromatic carbocycles. The molecule has 0 unspecified atom stereocenters. The summed E-state index contributed by atoms with van der Waals surface area (Å²) in [5.74, 6) is 0. The molecule has 1 aliphatic heterocycles. The topological polar surface area (TPSA) is 0 Å². The van der Waals surface area contributed by atoms with Crippen LogP contribution in [-0.4, -0.2) is 15.2 Å². The second-order valence-electron chi connectivity index (χ2n) is 10.7. The molecule has 1 heterocycles. The van der Waals surface area contributed by atoms with Crippen molar-refractivity contribution in [3.05, 3.63) is 84.5 Å². The number of fused-ring (bicyclic) bond motifs is 10. The third kappa shape index (κ3) is 3.28. The van der Waals surface area contributed by atoms with E-state index in [2.05, 4.69) is 105 Å². The normalized spacial score (nSPS) is 16.9. The molecule has 7 rings (SSSR count). The summed E-state index contributed by atoms with van der Waals surface area (Å²) in [6.07, 6.45) is 7.98. The summed E-state index contributed by atoms with van der Waals surface area (Å²) in [6, 6.07) is 23.1. The largest absolute Gasteiger partial charge is 3.00 e. The zero-order valence-corrected chi connectivity index (χ0v) is 26.4. The van der Waals surface area contributed by atoms with Crippen LogP contribution in [0.1, 0.15) is 12.0 Å². The van der Waals surface area contributed by atoms with E-state index in [0.29, 0.717) is 0 Å². The Morgan fingerprint density at radius 2 is 1.29 bits per heavy atom.